The zero-order valence-electron chi connectivity index (χ0n) is 8.53. The largest absolute Gasteiger partial charge is 0.311 e. The Morgan fingerprint density at radius 3 is 3.07 bits per heavy atom. The van der Waals surface area contributed by atoms with Crippen molar-refractivity contribution in [2.24, 2.45) is 5.92 Å². The quantitative estimate of drug-likeness (QED) is 0.477. The average molecular weight is 203 g/mol. The summed E-state index contributed by atoms with van der Waals surface area (Å²) in [7, 11) is 0. The molecule has 0 spiro atoms. The third kappa shape index (κ3) is 1.12. The molecule has 1 amide bonds. The van der Waals surface area contributed by atoms with Gasteiger partial charge in [-0.25, -0.2) is 0 Å². The van der Waals surface area contributed by atoms with E-state index in [-0.39, 0.29) is 5.91 Å². The molecule has 0 aromatic carbocycles. The molecule has 15 heavy (non-hydrogen) atoms. The Hall–Kier alpha value is -1.38. The molecule has 0 N–H and O–H groups in total. The van der Waals surface area contributed by atoms with Crippen LogP contribution in [0.1, 0.15) is 25.7 Å². The van der Waals surface area contributed by atoms with Gasteiger partial charge in [0.15, 0.2) is 0 Å². The summed E-state index contributed by atoms with van der Waals surface area (Å²) in [5, 5.41) is 0. The number of hydrogen-bond donors (Lipinski definition) is 0. The molecule has 2 heterocycles. The second kappa shape index (κ2) is 3.05. The van der Waals surface area contributed by atoms with Gasteiger partial charge in [-0.2, -0.15) is 0 Å². The van der Waals surface area contributed by atoms with Crippen molar-refractivity contribution in [1.82, 2.24) is 4.90 Å². The molecule has 78 valence electrons. The Balaban J connectivity index is 2.08. The SMILES string of the molecule is O=CC1CC2=C3C(=CCC2)CCN3C1=O. The van der Waals surface area contributed by atoms with Crippen molar-refractivity contribution in [2.75, 3.05) is 6.54 Å². The van der Waals surface area contributed by atoms with Gasteiger partial charge < -0.3 is 9.69 Å². The highest BCUT2D eigenvalue weighted by molar-refractivity contribution is 5.95. The summed E-state index contributed by atoms with van der Waals surface area (Å²) in [5.41, 5.74) is 3.81. The molecule has 0 saturated carbocycles. The van der Waals surface area contributed by atoms with Crippen LogP contribution in [0, 0.1) is 5.92 Å². The Labute approximate surface area is 88.4 Å². The van der Waals surface area contributed by atoms with Crippen molar-refractivity contribution in [1.29, 1.82) is 0 Å². The van der Waals surface area contributed by atoms with Crippen LogP contribution in [-0.4, -0.2) is 23.6 Å². The van der Waals surface area contributed by atoms with Crippen molar-refractivity contribution in [3.63, 3.8) is 0 Å². The molecule has 3 nitrogen and oxygen atoms in total. The number of carbonyl (C=O) groups excluding carboxylic acids is 2. The van der Waals surface area contributed by atoms with Gasteiger partial charge in [0.1, 0.15) is 6.29 Å². The molecule has 2 aliphatic heterocycles. The van der Waals surface area contributed by atoms with Crippen LogP contribution in [0.5, 0.6) is 0 Å². The highest BCUT2D eigenvalue weighted by atomic mass is 16.2. The Kier molecular flexibility index (Phi) is 1.81. The van der Waals surface area contributed by atoms with E-state index in [1.165, 1.54) is 11.1 Å². The molecular formula is C12H13NO2. The van der Waals surface area contributed by atoms with Gasteiger partial charge in [-0.3, -0.25) is 4.79 Å². The molecule has 1 saturated heterocycles. The first-order valence-corrected chi connectivity index (χ1v) is 5.49. The lowest BCUT2D eigenvalue weighted by atomic mass is 9.86. The smallest absolute Gasteiger partial charge is 0.237 e. The van der Waals surface area contributed by atoms with Crippen LogP contribution in [0.4, 0.5) is 0 Å². The van der Waals surface area contributed by atoms with Gasteiger partial charge in [-0.05, 0) is 36.8 Å². The predicted molar refractivity (Wildman–Crippen MR) is 54.8 cm³/mol. The number of allylic oxidation sites excluding steroid dienone is 3. The normalized spacial score (nSPS) is 29.1. The number of amides is 1. The van der Waals surface area contributed by atoms with Crippen LogP contribution in [0.2, 0.25) is 0 Å². The van der Waals surface area contributed by atoms with Gasteiger partial charge in [0.25, 0.3) is 0 Å². The van der Waals surface area contributed by atoms with E-state index in [0.29, 0.717) is 6.42 Å². The van der Waals surface area contributed by atoms with Crippen molar-refractivity contribution in [3.05, 3.63) is 22.9 Å². The summed E-state index contributed by atoms with van der Waals surface area (Å²) >= 11 is 0. The molecule has 0 radical (unpaired) electrons. The van der Waals surface area contributed by atoms with Gasteiger partial charge in [-0.15, -0.1) is 0 Å². The average Bonchev–Trinajstić information content (AvgIpc) is 2.69. The fraction of sp³-hybridized carbons (Fsp3) is 0.500. The molecule has 3 heteroatoms. The van der Waals surface area contributed by atoms with E-state index in [1.54, 1.807) is 0 Å². The van der Waals surface area contributed by atoms with E-state index in [9.17, 15) is 9.59 Å². The minimum absolute atomic E-state index is 0.00838. The lowest BCUT2D eigenvalue weighted by Crippen LogP contribution is -2.38. The van der Waals surface area contributed by atoms with Gasteiger partial charge in [0, 0.05) is 12.2 Å². The molecule has 0 aromatic rings. The summed E-state index contributed by atoms with van der Waals surface area (Å²) in [6.45, 7) is 0.772. The molecule has 3 aliphatic rings. The molecule has 3 rings (SSSR count). The van der Waals surface area contributed by atoms with E-state index in [0.717, 1.165) is 37.8 Å². The molecule has 1 atom stereocenters. The first-order chi connectivity index (χ1) is 7.31. The topological polar surface area (TPSA) is 37.4 Å². The van der Waals surface area contributed by atoms with E-state index in [4.69, 9.17) is 0 Å². The Morgan fingerprint density at radius 1 is 1.40 bits per heavy atom. The fourth-order valence-corrected chi connectivity index (χ4v) is 2.87. The number of aldehydes is 1. The van der Waals surface area contributed by atoms with E-state index >= 15 is 0 Å². The lowest BCUT2D eigenvalue weighted by Gasteiger charge is -2.31. The van der Waals surface area contributed by atoms with Crippen molar-refractivity contribution < 1.29 is 9.59 Å². The summed E-state index contributed by atoms with van der Waals surface area (Å²) < 4.78 is 0. The number of hydrogen-bond acceptors (Lipinski definition) is 2. The molecule has 1 unspecified atom stereocenters. The molecule has 1 aliphatic carbocycles. The van der Waals surface area contributed by atoms with Gasteiger partial charge in [-0.1, -0.05) is 6.08 Å². The zero-order valence-corrected chi connectivity index (χ0v) is 8.53. The molecule has 0 bridgehead atoms. The first kappa shape index (κ1) is 8.89. The van der Waals surface area contributed by atoms with Crippen LogP contribution >= 0.6 is 0 Å². The third-order valence-electron chi connectivity index (χ3n) is 3.56. The minimum Gasteiger partial charge on any atom is -0.311 e. The van der Waals surface area contributed by atoms with Gasteiger partial charge in [0.05, 0.1) is 5.92 Å². The van der Waals surface area contributed by atoms with Crippen LogP contribution in [0.3, 0.4) is 0 Å². The standard InChI is InChI=1S/C12H13NO2/c14-7-10-6-9-3-1-2-8-4-5-13(11(8)9)12(10)15/h2,7,10H,1,3-6H2. The maximum atomic E-state index is 11.9. The Morgan fingerprint density at radius 2 is 2.27 bits per heavy atom. The second-order valence-corrected chi connectivity index (χ2v) is 4.41. The lowest BCUT2D eigenvalue weighted by molar-refractivity contribution is -0.136. The molecule has 0 aromatic heterocycles. The van der Waals surface area contributed by atoms with Crippen LogP contribution < -0.4 is 0 Å². The highest BCUT2D eigenvalue weighted by Crippen LogP contribution is 2.41. The maximum Gasteiger partial charge on any atom is 0.237 e. The van der Waals surface area contributed by atoms with Crippen LogP contribution in [0.25, 0.3) is 0 Å². The Bertz CT molecular complexity index is 406. The maximum absolute atomic E-state index is 11.9. The summed E-state index contributed by atoms with van der Waals surface area (Å²) in [6.07, 6.45) is 6.77. The van der Waals surface area contributed by atoms with Crippen LogP contribution in [0.15, 0.2) is 22.9 Å². The first-order valence-electron chi connectivity index (χ1n) is 5.49. The second-order valence-electron chi connectivity index (χ2n) is 4.41. The zero-order chi connectivity index (χ0) is 10.4. The van der Waals surface area contributed by atoms with E-state index in [1.807, 2.05) is 4.90 Å². The van der Waals surface area contributed by atoms with Gasteiger partial charge in [0.2, 0.25) is 5.91 Å². The third-order valence-corrected chi connectivity index (χ3v) is 3.56. The monoisotopic (exact) mass is 203 g/mol. The van der Waals surface area contributed by atoms with Crippen molar-refractivity contribution in [2.45, 2.75) is 25.7 Å². The number of carbonyl (C=O) groups is 2. The van der Waals surface area contributed by atoms with E-state index < -0.39 is 5.92 Å². The van der Waals surface area contributed by atoms with Crippen molar-refractivity contribution in [3.8, 4) is 0 Å². The summed E-state index contributed by atoms with van der Waals surface area (Å²) in [5.74, 6) is -0.407. The summed E-state index contributed by atoms with van der Waals surface area (Å²) in [4.78, 5) is 24.6. The van der Waals surface area contributed by atoms with Gasteiger partial charge >= 0.3 is 0 Å². The predicted octanol–water partition coefficient (Wildman–Crippen LogP) is 1.41. The molecular weight excluding hydrogens is 190 g/mol. The number of rotatable bonds is 1. The highest BCUT2D eigenvalue weighted by Gasteiger charge is 2.39. The van der Waals surface area contributed by atoms with Crippen molar-refractivity contribution >= 4 is 12.2 Å². The molecule has 1 fully saturated rings. The van der Waals surface area contributed by atoms with E-state index in [2.05, 4.69) is 6.08 Å². The minimum atomic E-state index is -0.416. The summed E-state index contributed by atoms with van der Waals surface area (Å²) in [6, 6.07) is 0. The number of nitrogens with zero attached hydrogens (tertiary/aromatic N) is 1. The fourth-order valence-electron chi connectivity index (χ4n) is 2.87. The van der Waals surface area contributed by atoms with Crippen LogP contribution in [-0.2, 0) is 9.59 Å².